The van der Waals surface area contributed by atoms with Gasteiger partial charge in [0.2, 0.25) is 5.13 Å². The lowest BCUT2D eigenvalue weighted by molar-refractivity contribution is 0.683. The molecule has 112 valence electrons. The first-order chi connectivity index (χ1) is 10.1. The molecule has 1 aliphatic carbocycles. The van der Waals surface area contributed by atoms with E-state index in [1.165, 1.54) is 11.3 Å². The van der Waals surface area contributed by atoms with Crippen LogP contribution in [0.25, 0.3) is 10.6 Å². The van der Waals surface area contributed by atoms with E-state index in [9.17, 15) is 4.79 Å². The number of hydrogen-bond donors (Lipinski definition) is 1. The maximum Gasteiger partial charge on any atom is 0.261 e. The summed E-state index contributed by atoms with van der Waals surface area (Å²) in [5.74, 6) is 0. The highest BCUT2D eigenvalue weighted by Gasteiger charge is 2.27. The van der Waals surface area contributed by atoms with Crippen LogP contribution >= 0.6 is 11.3 Å². The number of aromatic nitrogens is 3. The molecule has 2 heterocycles. The summed E-state index contributed by atoms with van der Waals surface area (Å²) in [7, 11) is 0. The molecule has 1 N–H and O–H groups in total. The summed E-state index contributed by atoms with van der Waals surface area (Å²) in [6, 6.07) is 4.59. The molecule has 21 heavy (non-hydrogen) atoms. The molecule has 3 rings (SSSR count). The molecule has 0 spiro atoms. The van der Waals surface area contributed by atoms with E-state index in [0.29, 0.717) is 22.7 Å². The van der Waals surface area contributed by atoms with Gasteiger partial charge in [-0.05, 0) is 45.2 Å². The molecule has 1 saturated carbocycles. The summed E-state index contributed by atoms with van der Waals surface area (Å²) in [5, 5.41) is 13.1. The Labute approximate surface area is 128 Å². The fraction of sp³-hybridized carbons (Fsp3) is 0.533. The van der Waals surface area contributed by atoms with Crippen LogP contribution in [0.2, 0.25) is 0 Å². The van der Waals surface area contributed by atoms with Crippen molar-refractivity contribution in [2.45, 2.75) is 52.1 Å². The smallest absolute Gasteiger partial charge is 0.261 e. The van der Waals surface area contributed by atoms with Gasteiger partial charge in [0, 0.05) is 17.8 Å². The minimum absolute atomic E-state index is 0.0590. The number of aryl methyl sites for hydroxylation is 1. The molecule has 1 aliphatic rings. The van der Waals surface area contributed by atoms with Crippen molar-refractivity contribution >= 4 is 16.5 Å². The minimum Gasteiger partial charge on any atom is -0.358 e. The molecule has 1 fully saturated rings. The fourth-order valence-corrected chi connectivity index (χ4v) is 3.17. The first-order valence-electron chi connectivity index (χ1n) is 7.42. The molecule has 2 aromatic rings. The second-order valence-corrected chi connectivity index (χ2v) is 6.64. The lowest BCUT2D eigenvalue weighted by Crippen LogP contribution is -2.22. The van der Waals surface area contributed by atoms with Crippen LogP contribution in [-0.4, -0.2) is 20.8 Å². The molecule has 0 aromatic carbocycles. The highest BCUT2D eigenvalue weighted by Crippen LogP contribution is 2.35. The lowest BCUT2D eigenvalue weighted by Gasteiger charge is -2.09. The Morgan fingerprint density at radius 2 is 2.19 bits per heavy atom. The first kappa shape index (κ1) is 14.3. The SMILES string of the molecule is CCC(C)Nc1nnc(-c2ccc(C)n(C3CC3)c2=O)s1. The van der Waals surface area contributed by atoms with Gasteiger partial charge in [-0.25, -0.2) is 0 Å². The summed E-state index contributed by atoms with van der Waals surface area (Å²) >= 11 is 1.44. The van der Waals surface area contributed by atoms with Crippen LogP contribution in [0, 0.1) is 6.92 Å². The summed E-state index contributed by atoms with van der Waals surface area (Å²) < 4.78 is 1.90. The van der Waals surface area contributed by atoms with Crippen LogP contribution < -0.4 is 10.9 Å². The van der Waals surface area contributed by atoms with Gasteiger partial charge in [0.1, 0.15) is 0 Å². The number of hydrogen-bond acceptors (Lipinski definition) is 5. The van der Waals surface area contributed by atoms with Gasteiger partial charge in [-0.2, -0.15) is 0 Å². The fourth-order valence-electron chi connectivity index (χ4n) is 2.30. The predicted octanol–water partition coefficient (Wildman–Crippen LogP) is 3.22. The van der Waals surface area contributed by atoms with Gasteiger partial charge in [-0.1, -0.05) is 18.3 Å². The third-order valence-electron chi connectivity index (χ3n) is 3.87. The second kappa shape index (κ2) is 5.60. The molecule has 0 bridgehead atoms. The van der Waals surface area contributed by atoms with Gasteiger partial charge in [0.25, 0.3) is 5.56 Å². The van der Waals surface area contributed by atoms with Crippen molar-refractivity contribution in [2.24, 2.45) is 0 Å². The number of nitrogens with zero attached hydrogens (tertiary/aromatic N) is 3. The maximum absolute atomic E-state index is 12.6. The van der Waals surface area contributed by atoms with Crippen molar-refractivity contribution in [1.29, 1.82) is 0 Å². The number of anilines is 1. The van der Waals surface area contributed by atoms with E-state index in [4.69, 9.17) is 0 Å². The number of rotatable bonds is 5. The van der Waals surface area contributed by atoms with Crippen LogP contribution in [0.5, 0.6) is 0 Å². The zero-order valence-electron chi connectivity index (χ0n) is 12.6. The third-order valence-corrected chi connectivity index (χ3v) is 4.76. The lowest BCUT2D eigenvalue weighted by atomic mass is 10.2. The van der Waals surface area contributed by atoms with Gasteiger partial charge < -0.3 is 9.88 Å². The quantitative estimate of drug-likeness (QED) is 0.921. The topological polar surface area (TPSA) is 59.8 Å². The Bertz CT molecular complexity index is 702. The zero-order chi connectivity index (χ0) is 15.0. The molecule has 0 aliphatic heterocycles. The highest BCUT2D eigenvalue weighted by atomic mass is 32.1. The van der Waals surface area contributed by atoms with Crippen molar-refractivity contribution in [3.05, 3.63) is 28.2 Å². The van der Waals surface area contributed by atoms with E-state index >= 15 is 0 Å². The predicted molar refractivity (Wildman–Crippen MR) is 86.0 cm³/mol. The van der Waals surface area contributed by atoms with Crippen molar-refractivity contribution in [2.75, 3.05) is 5.32 Å². The van der Waals surface area contributed by atoms with Crippen molar-refractivity contribution in [3.8, 4) is 10.6 Å². The summed E-state index contributed by atoms with van der Waals surface area (Å²) in [5.41, 5.74) is 1.74. The average Bonchev–Trinajstić information content (AvgIpc) is 3.18. The summed E-state index contributed by atoms with van der Waals surface area (Å²) in [4.78, 5) is 12.6. The van der Waals surface area contributed by atoms with E-state index < -0.39 is 0 Å². The van der Waals surface area contributed by atoms with E-state index in [1.807, 2.05) is 23.6 Å². The standard InChI is InChI=1S/C15H20N4OS/c1-4-9(2)16-15-18-17-13(21-15)12-8-5-10(3)19(14(12)20)11-6-7-11/h5,8-9,11H,4,6-7H2,1-3H3,(H,16,18). The average molecular weight is 304 g/mol. The Hall–Kier alpha value is -1.69. The van der Waals surface area contributed by atoms with E-state index in [0.717, 1.165) is 30.1 Å². The normalized spacial score (nSPS) is 16.0. The maximum atomic E-state index is 12.6. The van der Waals surface area contributed by atoms with Gasteiger partial charge in [-0.15, -0.1) is 10.2 Å². The van der Waals surface area contributed by atoms with E-state index in [1.54, 1.807) is 0 Å². The Morgan fingerprint density at radius 3 is 2.86 bits per heavy atom. The van der Waals surface area contributed by atoms with Crippen LogP contribution in [-0.2, 0) is 0 Å². The Morgan fingerprint density at radius 1 is 1.43 bits per heavy atom. The van der Waals surface area contributed by atoms with Gasteiger partial charge >= 0.3 is 0 Å². The van der Waals surface area contributed by atoms with Crippen LogP contribution in [0.3, 0.4) is 0 Å². The molecule has 1 unspecified atom stereocenters. The molecular weight excluding hydrogens is 284 g/mol. The minimum atomic E-state index is 0.0590. The van der Waals surface area contributed by atoms with Crippen molar-refractivity contribution < 1.29 is 0 Å². The number of pyridine rings is 1. The third kappa shape index (κ3) is 2.85. The van der Waals surface area contributed by atoms with E-state index in [2.05, 4.69) is 29.4 Å². The van der Waals surface area contributed by atoms with Crippen LogP contribution in [0.4, 0.5) is 5.13 Å². The van der Waals surface area contributed by atoms with Gasteiger partial charge in [0.05, 0.1) is 5.56 Å². The zero-order valence-corrected chi connectivity index (χ0v) is 13.4. The molecule has 1 atom stereocenters. The largest absolute Gasteiger partial charge is 0.358 e. The molecular formula is C15H20N4OS. The van der Waals surface area contributed by atoms with Crippen molar-refractivity contribution in [1.82, 2.24) is 14.8 Å². The van der Waals surface area contributed by atoms with Crippen molar-refractivity contribution in [3.63, 3.8) is 0 Å². The van der Waals surface area contributed by atoms with Gasteiger partial charge in [0.15, 0.2) is 5.01 Å². The Kier molecular flexibility index (Phi) is 3.80. The van der Waals surface area contributed by atoms with Crippen LogP contribution in [0.1, 0.15) is 44.8 Å². The van der Waals surface area contributed by atoms with E-state index in [-0.39, 0.29) is 5.56 Å². The molecule has 0 amide bonds. The first-order valence-corrected chi connectivity index (χ1v) is 8.24. The monoisotopic (exact) mass is 304 g/mol. The molecule has 0 radical (unpaired) electrons. The molecule has 5 nitrogen and oxygen atoms in total. The second-order valence-electron chi connectivity index (χ2n) is 5.66. The van der Waals surface area contributed by atoms with Gasteiger partial charge in [-0.3, -0.25) is 4.79 Å². The Balaban J connectivity index is 1.94. The molecule has 2 aromatic heterocycles. The molecule has 0 saturated heterocycles. The van der Waals surface area contributed by atoms with Crippen LogP contribution in [0.15, 0.2) is 16.9 Å². The summed E-state index contributed by atoms with van der Waals surface area (Å²) in [6.45, 7) is 6.21. The number of nitrogens with one attached hydrogen (secondary N) is 1. The highest BCUT2D eigenvalue weighted by molar-refractivity contribution is 7.18. The summed E-state index contributed by atoms with van der Waals surface area (Å²) in [6.07, 6.45) is 3.22. The molecule has 6 heteroatoms.